The number of esters is 1. The molecule has 0 saturated heterocycles. The Labute approximate surface area is 96.6 Å². The van der Waals surface area contributed by atoms with Gasteiger partial charge in [-0.1, -0.05) is 32.9 Å². The van der Waals surface area contributed by atoms with E-state index in [2.05, 4.69) is 26.8 Å². The van der Waals surface area contributed by atoms with E-state index in [0.29, 0.717) is 5.56 Å². The van der Waals surface area contributed by atoms with E-state index in [1.54, 1.807) is 0 Å². The number of cyclic esters (lactones) is 1. The number of hydrogen-bond donors (Lipinski definition) is 0. The van der Waals surface area contributed by atoms with Crippen molar-refractivity contribution in [2.45, 2.75) is 45.6 Å². The van der Waals surface area contributed by atoms with E-state index in [4.69, 9.17) is 4.74 Å². The summed E-state index contributed by atoms with van der Waals surface area (Å²) in [5, 5.41) is 0. The second-order valence-corrected chi connectivity index (χ2v) is 5.91. The number of carbonyl (C=O) groups is 1. The van der Waals surface area contributed by atoms with Crippen LogP contribution >= 0.6 is 0 Å². The molecule has 0 spiro atoms. The van der Waals surface area contributed by atoms with Crippen molar-refractivity contribution in [2.24, 2.45) is 0 Å². The molecule has 0 saturated carbocycles. The Balaban J connectivity index is 2.59. The van der Waals surface area contributed by atoms with Crippen LogP contribution in [0.15, 0.2) is 18.2 Å². The first-order valence-corrected chi connectivity index (χ1v) is 5.60. The molecule has 2 rings (SSSR count). The lowest BCUT2D eigenvalue weighted by atomic mass is 9.83. The monoisotopic (exact) mass is 218 g/mol. The van der Waals surface area contributed by atoms with Crippen LogP contribution in [0.1, 0.15) is 56.1 Å². The third-order valence-electron chi connectivity index (χ3n) is 3.10. The van der Waals surface area contributed by atoms with Crippen LogP contribution in [-0.4, -0.2) is 5.97 Å². The maximum atomic E-state index is 11.6. The van der Waals surface area contributed by atoms with E-state index in [1.807, 2.05) is 26.0 Å². The third kappa shape index (κ3) is 1.62. The molecule has 0 unspecified atom stereocenters. The average Bonchev–Trinajstić information content (AvgIpc) is 2.36. The first kappa shape index (κ1) is 11.2. The largest absolute Gasteiger partial charge is 0.451 e. The molecule has 0 N–H and O–H groups in total. The van der Waals surface area contributed by atoms with Crippen molar-refractivity contribution in [3.8, 4) is 0 Å². The molecule has 0 amide bonds. The van der Waals surface area contributed by atoms with Crippen molar-refractivity contribution in [3.05, 3.63) is 34.9 Å². The Kier molecular flexibility index (Phi) is 2.16. The Hall–Kier alpha value is -1.31. The summed E-state index contributed by atoms with van der Waals surface area (Å²) in [4.78, 5) is 11.6. The summed E-state index contributed by atoms with van der Waals surface area (Å²) < 4.78 is 5.35. The lowest BCUT2D eigenvalue weighted by Crippen LogP contribution is -2.17. The number of benzene rings is 1. The zero-order valence-corrected chi connectivity index (χ0v) is 10.5. The fourth-order valence-electron chi connectivity index (χ4n) is 2.03. The van der Waals surface area contributed by atoms with Crippen LogP contribution < -0.4 is 0 Å². The molecule has 0 fully saturated rings. The fourth-order valence-corrected chi connectivity index (χ4v) is 2.03. The van der Waals surface area contributed by atoms with E-state index in [1.165, 1.54) is 5.56 Å². The fraction of sp³-hybridized carbons (Fsp3) is 0.500. The lowest BCUT2D eigenvalue weighted by Gasteiger charge is -2.22. The summed E-state index contributed by atoms with van der Waals surface area (Å²) in [6, 6.07) is 5.99. The first-order chi connectivity index (χ1) is 7.22. The minimum absolute atomic E-state index is 0.0940. The van der Waals surface area contributed by atoms with Crippen LogP contribution in [0, 0.1) is 0 Å². The highest BCUT2D eigenvalue weighted by atomic mass is 16.6. The zero-order valence-electron chi connectivity index (χ0n) is 10.5. The van der Waals surface area contributed by atoms with Crippen LogP contribution in [0.2, 0.25) is 0 Å². The van der Waals surface area contributed by atoms with Gasteiger partial charge >= 0.3 is 5.97 Å². The lowest BCUT2D eigenvalue weighted by molar-refractivity contribution is 0.00952. The Morgan fingerprint density at radius 3 is 2.38 bits per heavy atom. The maximum absolute atomic E-state index is 11.6. The molecule has 1 aliphatic heterocycles. The quantitative estimate of drug-likeness (QED) is 0.624. The van der Waals surface area contributed by atoms with Gasteiger partial charge in [0.2, 0.25) is 0 Å². The molecule has 0 atom stereocenters. The summed E-state index contributed by atoms with van der Waals surface area (Å²) in [6.45, 7) is 10.4. The van der Waals surface area contributed by atoms with Crippen LogP contribution in [0.5, 0.6) is 0 Å². The first-order valence-electron chi connectivity index (χ1n) is 5.60. The Bertz CT molecular complexity index is 450. The van der Waals surface area contributed by atoms with Gasteiger partial charge < -0.3 is 4.74 Å². The molecule has 0 radical (unpaired) electrons. The number of hydrogen-bond acceptors (Lipinski definition) is 2. The summed E-state index contributed by atoms with van der Waals surface area (Å²) in [5.74, 6) is -0.208. The van der Waals surface area contributed by atoms with Crippen LogP contribution in [-0.2, 0) is 15.8 Å². The van der Waals surface area contributed by atoms with Gasteiger partial charge in [-0.2, -0.15) is 0 Å². The van der Waals surface area contributed by atoms with Gasteiger partial charge in [0.25, 0.3) is 0 Å². The molecule has 1 aromatic carbocycles. The van der Waals surface area contributed by atoms with E-state index in [-0.39, 0.29) is 11.4 Å². The highest BCUT2D eigenvalue weighted by molar-refractivity contribution is 5.94. The number of ether oxygens (including phenoxy) is 1. The molecule has 86 valence electrons. The van der Waals surface area contributed by atoms with E-state index < -0.39 is 5.60 Å². The smallest absolute Gasteiger partial charge is 0.339 e. The van der Waals surface area contributed by atoms with Gasteiger partial charge in [0.1, 0.15) is 5.60 Å². The van der Waals surface area contributed by atoms with Crippen molar-refractivity contribution < 1.29 is 9.53 Å². The number of fused-ring (bicyclic) bond motifs is 1. The molecule has 1 aromatic rings. The maximum Gasteiger partial charge on any atom is 0.339 e. The predicted octanol–water partition coefficient (Wildman–Crippen LogP) is 3.39. The van der Waals surface area contributed by atoms with Crippen LogP contribution in [0.25, 0.3) is 0 Å². The van der Waals surface area contributed by atoms with E-state index in [0.717, 1.165) is 5.56 Å². The van der Waals surface area contributed by atoms with E-state index in [9.17, 15) is 4.79 Å². The second kappa shape index (κ2) is 3.09. The molecule has 0 aromatic heterocycles. The number of carbonyl (C=O) groups excluding carboxylic acids is 1. The summed E-state index contributed by atoms with van der Waals surface area (Å²) in [6.07, 6.45) is 0. The van der Waals surface area contributed by atoms with Gasteiger partial charge in [0.15, 0.2) is 0 Å². The topological polar surface area (TPSA) is 26.3 Å². The van der Waals surface area contributed by atoms with Crippen molar-refractivity contribution in [1.29, 1.82) is 0 Å². The van der Waals surface area contributed by atoms with Crippen molar-refractivity contribution >= 4 is 5.97 Å². The van der Waals surface area contributed by atoms with Gasteiger partial charge in [-0.15, -0.1) is 0 Å². The summed E-state index contributed by atoms with van der Waals surface area (Å²) in [5.41, 5.74) is 2.55. The summed E-state index contributed by atoms with van der Waals surface area (Å²) in [7, 11) is 0. The zero-order chi connectivity index (χ0) is 12.1. The van der Waals surface area contributed by atoms with Crippen molar-refractivity contribution in [2.75, 3.05) is 0 Å². The second-order valence-electron chi connectivity index (χ2n) is 5.91. The van der Waals surface area contributed by atoms with Crippen LogP contribution in [0.4, 0.5) is 0 Å². The molecular formula is C14H18O2. The van der Waals surface area contributed by atoms with Crippen LogP contribution in [0.3, 0.4) is 0 Å². The molecule has 1 aliphatic rings. The molecule has 2 heteroatoms. The number of rotatable bonds is 0. The molecule has 0 aliphatic carbocycles. The molecule has 0 bridgehead atoms. The molecule has 1 heterocycles. The van der Waals surface area contributed by atoms with Crippen molar-refractivity contribution in [1.82, 2.24) is 0 Å². The normalized spacial score (nSPS) is 18.2. The highest BCUT2D eigenvalue weighted by Gasteiger charge is 2.38. The van der Waals surface area contributed by atoms with Gasteiger partial charge in [0.05, 0.1) is 5.56 Å². The minimum Gasteiger partial charge on any atom is -0.451 e. The molecule has 2 nitrogen and oxygen atoms in total. The SMILES string of the molecule is CC(C)(C)c1ccc2c(c1)C(C)(C)OC2=O. The van der Waals surface area contributed by atoms with E-state index >= 15 is 0 Å². The average molecular weight is 218 g/mol. The Morgan fingerprint density at radius 1 is 1.19 bits per heavy atom. The standard InChI is InChI=1S/C14H18O2/c1-13(2,3)9-6-7-10-11(8-9)14(4,5)16-12(10)15/h6-8H,1-5H3. The Morgan fingerprint density at radius 2 is 1.81 bits per heavy atom. The summed E-state index contributed by atoms with van der Waals surface area (Å²) >= 11 is 0. The van der Waals surface area contributed by atoms with Gasteiger partial charge in [-0.25, -0.2) is 4.79 Å². The third-order valence-corrected chi connectivity index (χ3v) is 3.10. The van der Waals surface area contributed by atoms with Crippen molar-refractivity contribution in [3.63, 3.8) is 0 Å². The van der Waals surface area contributed by atoms with Gasteiger partial charge in [-0.3, -0.25) is 0 Å². The minimum atomic E-state index is -0.492. The molecular weight excluding hydrogens is 200 g/mol. The highest BCUT2D eigenvalue weighted by Crippen LogP contribution is 2.38. The van der Waals surface area contributed by atoms with Gasteiger partial charge in [-0.05, 0) is 30.9 Å². The van der Waals surface area contributed by atoms with Gasteiger partial charge in [0, 0.05) is 5.56 Å². The predicted molar refractivity (Wildman–Crippen MR) is 63.6 cm³/mol. The molecule has 16 heavy (non-hydrogen) atoms.